The molecule has 1 N–H and O–H groups in total. The molecule has 3 aromatic rings. The molecular formula is C20H19BrN2O5S. The molecule has 0 aliphatic rings. The number of amides is 1. The molecule has 0 aliphatic heterocycles. The molecule has 9 heteroatoms. The first kappa shape index (κ1) is 20.9. The molecule has 1 aromatic heterocycles. The highest BCUT2D eigenvalue weighted by molar-refractivity contribution is 9.10. The zero-order valence-corrected chi connectivity index (χ0v) is 18.6. The molecule has 0 saturated heterocycles. The maximum Gasteiger partial charge on any atom is 0.258 e. The van der Waals surface area contributed by atoms with Gasteiger partial charge in [-0.3, -0.25) is 10.1 Å². The lowest BCUT2D eigenvalue weighted by Crippen LogP contribution is -2.13. The summed E-state index contributed by atoms with van der Waals surface area (Å²) in [5, 5.41) is 5.15. The number of ether oxygens (including phenoxy) is 4. The van der Waals surface area contributed by atoms with E-state index in [-0.39, 0.29) is 5.91 Å². The first-order valence-electron chi connectivity index (χ1n) is 8.42. The molecule has 0 unspecified atom stereocenters. The van der Waals surface area contributed by atoms with E-state index in [0.717, 1.165) is 17.0 Å². The third kappa shape index (κ3) is 4.30. The Labute approximate surface area is 180 Å². The third-order valence-corrected chi connectivity index (χ3v) is 5.65. The molecule has 0 spiro atoms. The van der Waals surface area contributed by atoms with Crippen LogP contribution < -0.4 is 24.3 Å². The van der Waals surface area contributed by atoms with E-state index in [1.54, 1.807) is 13.2 Å². The highest BCUT2D eigenvalue weighted by Crippen LogP contribution is 2.45. The van der Waals surface area contributed by atoms with Crippen LogP contribution in [0.3, 0.4) is 0 Å². The van der Waals surface area contributed by atoms with E-state index in [2.05, 4.69) is 26.2 Å². The molecule has 1 amide bonds. The summed E-state index contributed by atoms with van der Waals surface area (Å²) < 4.78 is 21.7. The molecule has 0 bridgehead atoms. The van der Waals surface area contributed by atoms with Crippen LogP contribution in [0.25, 0.3) is 11.3 Å². The van der Waals surface area contributed by atoms with E-state index >= 15 is 0 Å². The van der Waals surface area contributed by atoms with Crippen LogP contribution in [0.2, 0.25) is 0 Å². The van der Waals surface area contributed by atoms with E-state index in [9.17, 15) is 4.79 Å². The van der Waals surface area contributed by atoms with E-state index in [4.69, 9.17) is 18.9 Å². The minimum Gasteiger partial charge on any atom is -0.497 e. The van der Waals surface area contributed by atoms with Crippen LogP contribution in [-0.2, 0) is 0 Å². The fraction of sp³-hybridized carbons (Fsp3) is 0.200. The van der Waals surface area contributed by atoms with Crippen molar-refractivity contribution >= 4 is 38.3 Å². The van der Waals surface area contributed by atoms with E-state index in [1.165, 1.54) is 32.7 Å². The van der Waals surface area contributed by atoms with Crippen molar-refractivity contribution in [2.75, 3.05) is 33.8 Å². The number of carbonyl (C=O) groups excluding carboxylic acids is 1. The number of rotatable bonds is 7. The first-order chi connectivity index (χ1) is 14.0. The predicted molar refractivity (Wildman–Crippen MR) is 116 cm³/mol. The molecular weight excluding hydrogens is 460 g/mol. The van der Waals surface area contributed by atoms with Gasteiger partial charge in [-0.05, 0) is 34.1 Å². The normalized spacial score (nSPS) is 10.4. The second-order valence-electron chi connectivity index (χ2n) is 5.73. The summed E-state index contributed by atoms with van der Waals surface area (Å²) in [6.07, 6.45) is 0. The average molecular weight is 479 g/mol. The van der Waals surface area contributed by atoms with Gasteiger partial charge in [0.05, 0.1) is 44.2 Å². The monoisotopic (exact) mass is 478 g/mol. The molecule has 7 nitrogen and oxygen atoms in total. The maximum absolute atomic E-state index is 12.9. The van der Waals surface area contributed by atoms with Crippen LogP contribution in [0.5, 0.6) is 23.0 Å². The predicted octanol–water partition coefficient (Wildman–Crippen LogP) is 4.86. The Bertz CT molecular complexity index is 1040. The second-order valence-corrected chi connectivity index (χ2v) is 7.38. The van der Waals surface area contributed by atoms with Crippen molar-refractivity contribution in [3.05, 3.63) is 45.7 Å². The highest BCUT2D eigenvalue weighted by Gasteiger charge is 2.23. The minimum atomic E-state index is -0.359. The van der Waals surface area contributed by atoms with Gasteiger partial charge in [0.25, 0.3) is 5.91 Å². The molecule has 0 aliphatic carbocycles. The second kappa shape index (κ2) is 9.15. The number of hydrogen-bond acceptors (Lipinski definition) is 7. The van der Waals surface area contributed by atoms with E-state index in [0.29, 0.717) is 32.4 Å². The van der Waals surface area contributed by atoms with Crippen molar-refractivity contribution in [1.82, 2.24) is 4.98 Å². The van der Waals surface area contributed by atoms with Gasteiger partial charge >= 0.3 is 0 Å². The van der Waals surface area contributed by atoms with E-state index in [1.807, 2.05) is 29.6 Å². The summed E-state index contributed by atoms with van der Waals surface area (Å²) in [5.41, 5.74) is 1.97. The Morgan fingerprint density at radius 1 is 1.03 bits per heavy atom. The van der Waals surface area contributed by atoms with Gasteiger partial charge in [0.2, 0.25) is 5.75 Å². The minimum absolute atomic E-state index is 0.331. The fourth-order valence-corrected chi connectivity index (χ4v) is 4.05. The Balaban J connectivity index is 1.88. The van der Waals surface area contributed by atoms with Gasteiger partial charge in [0.15, 0.2) is 16.6 Å². The molecule has 0 fully saturated rings. The van der Waals surface area contributed by atoms with Crippen LogP contribution in [0.4, 0.5) is 5.13 Å². The number of aromatic nitrogens is 1. The number of hydrogen-bond donors (Lipinski definition) is 1. The lowest BCUT2D eigenvalue weighted by molar-refractivity contribution is 0.102. The van der Waals surface area contributed by atoms with Gasteiger partial charge in [0, 0.05) is 10.9 Å². The van der Waals surface area contributed by atoms with Gasteiger partial charge in [-0.25, -0.2) is 4.98 Å². The van der Waals surface area contributed by atoms with Crippen molar-refractivity contribution in [3.63, 3.8) is 0 Å². The fourth-order valence-electron chi connectivity index (χ4n) is 2.70. The summed E-state index contributed by atoms with van der Waals surface area (Å²) in [5.74, 6) is 1.53. The van der Waals surface area contributed by atoms with Gasteiger partial charge in [-0.1, -0.05) is 12.1 Å². The zero-order valence-electron chi connectivity index (χ0n) is 16.2. The van der Waals surface area contributed by atoms with Crippen LogP contribution in [0, 0.1) is 0 Å². The van der Waals surface area contributed by atoms with Crippen molar-refractivity contribution < 1.29 is 23.7 Å². The number of thiazole rings is 1. The first-order valence-corrected chi connectivity index (χ1v) is 10.1. The summed E-state index contributed by atoms with van der Waals surface area (Å²) >= 11 is 4.74. The number of anilines is 1. The van der Waals surface area contributed by atoms with E-state index < -0.39 is 0 Å². The van der Waals surface area contributed by atoms with Crippen molar-refractivity contribution in [2.24, 2.45) is 0 Å². The Kier molecular flexibility index (Phi) is 6.60. The molecule has 29 heavy (non-hydrogen) atoms. The molecule has 152 valence electrons. The summed E-state index contributed by atoms with van der Waals surface area (Å²) in [6.45, 7) is 0. The molecule has 1 heterocycles. The quantitative estimate of drug-likeness (QED) is 0.522. The van der Waals surface area contributed by atoms with Crippen LogP contribution in [-0.4, -0.2) is 39.3 Å². The summed E-state index contributed by atoms with van der Waals surface area (Å²) in [4.78, 5) is 17.4. The third-order valence-electron chi connectivity index (χ3n) is 4.10. The topological polar surface area (TPSA) is 78.9 Å². The maximum atomic E-state index is 12.9. The largest absolute Gasteiger partial charge is 0.497 e. The molecule has 0 saturated carbocycles. The Hall–Kier alpha value is -2.78. The zero-order chi connectivity index (χ0) is 21.0. The lowest BCUT2D eigenvalue weighted by atomic mass is 10.1. The average Bonchev–Trinajstić information content (AvgIpc) is 3.21. The van der Waals surface area contributed by atoms with Crippen LogP contribution >= 0.6 is 27.3 Å². The van der Waals surface area contributed by atoms with Crippen LogP contribution in [0.15, 0.2) is 40.2 Å². The lowest BCUT2D eigenvalue weighted by Gasteiger charge is -2.16. The number of benzene rings is 2. The summed E-state index contributed by atoms with van der Waals surface area (Å²) in [6, 6.07) is 9.14. The van der Waals surface area contributed by atoms with Crippen molar-refractivity contribution in [2.45, 2.75) is 0 Å². The van der Waals surface area contributed by atoms with Crippen LogP contribution in [0.1, 0.15) is 10.4 Å². The number of methoxy groups -OCH3 is 4. The van der Waals surface area contributed by atoms with Crippen molar-refractivity contribution in [3.8, 4) is 34.3 Å². The van der Waals surface area contributed by atoms with Gasteiger partial charge in [-0.2, -0.15) is 0 Å². The molecule has 0 radical (unpaired) electrons. The Morgan fingerprint density at radius 2 is 1.79 bits per heavy atom. The highest BCUT2D eigenvalue weighted by atomic mass is 79.9. The Morgan fingerprint density at radius 3 is 2.45 bits per heavy atom. The molecule has 3 rings (SSSR count). The number of nitrogens with zero attached hydrogens (tertiary/aromatic N) is 1. The van der Waals surface area contributed by atoms with Crippen molar-refractivity contribution in [1.29, 1.82) is 0 Å². The van der Waals surface area contributed by atoms with Gasteiger partial charge in [-0.15, -0.1) is 11.3 Å². The number of nitrogens with one attached hydrogen (secondary N) is 1. The summed E-state index contributed by atoms with van der Waals surface area (Å²) in [7, 11) is 6.10. The molecule has 0 atom stereocenters. The standard InChI is InChI=1S/C20H19BrN2O5S/c1-25-12-7-5-6-11(8-12)14-10-29-20(22-14)23-19(24)13-9-15(26-2)17(27-3)18(28-4)16(13)21/h5-10H,1-4H3,(H,22,23,24). The number of halogens is 1. The SMILES string of the molecule is COc1cccc(-c2csc(NC(=O)c3cc(OC)c(OC)c(OC)c3Br)n2)c1. The number of carbonyl (C=O) groups is 1. The van der Waals surface area contributed by atoms with Gasteiger partial charge in [0.1, 0.15) is 5.75 Å². The molecule has 2 aromatic carbocycles. The van der Waals surface area contributed by atoms with Gasteiger partial charge < -0.3 is 18.9 Å². The smallest absolute Gasteiger partial charge is 0.258 e.